The summed E-state index contributed by atoms with van der Waals surface area (Å²) in [6, 6.07) is 5.66. The number of amides is 1. The number of ether oxygens (including phenoxy) is 1. The summed E-state index contributed by atoms with van der Waals surface area (Å²) in [5.74, 6) is 0.986. The Kier molecular flexibility index (Phi) is 6.34. The second-order valence-electron chi connectivity index (χ2n) is 8.57. The van der Waals surface area contributed by atoms with Gasteiger partial charge in [-0.05, 0) is 56.3 Å². The van der Waals surface area contributed by atoms with Crippen LogP contribution in [0.1, 0.15) is 25.7 Å². The topological polar surface area (TPSA) is 94.0 Å². The first-order chi connectivity index (χ1) is 15.7. The lowest BCUT2D eigenvalue weighted by Gasteiger charge is -2.22. The summed E-state index contributed by atoms with van der Waals surface area (Å²) in [6.45, 7) is 4.16. The van der Waals surface area contributed by atoms with Crippen LogP contribution in [0.2, 0.25) is 5.02 Å². The van der Waals surface area contributed by atoms with Crippen LogP contribution in [-0.2, 0) is 16.1 Å². The zero-order valence-corrected chi connectivity index (χ0v) is 18.6. The van der Waals surface area contributed by atoms with Crippen molar-refractivity contribution in [3.8, 4) is 11.3 Å². The fourth-order valence-corrected chi connectivity index (χ4v) is 4.64. The number of halogens is 1. The average Bonchev–Trinajstić information content (AvgIpc) is 3.23. The van der Waals surface area contributed by atoms with E-state index in [-0.39, 0.29) is 11.8 Å². The third-order valence-corrected chi connectivity index (χ3v) is 6.61. The van der Waals surface area contributed by atoms with Crippen molar-refractivity contribution in [3.05, 3.63) is 35.7 Å². The zero-order chi connectivity index (χ0) is 21.9. The zero-order valence-electron chi connectivity index (χ0n) is 17.9. The second-order valence-corrected chi connectivity index (χ2v) is 8.98. The van der Waals surface area contributed by atoms with E-state index in [0.29, 0.717) is 23.3 Å². The Hall–Kier alpha value is -2.55. The maximum atomic E-state index is 12.6. The van der Waals surface area contributed by atoms with E-state index in [2.05, 4.69) is 25.2 Å². The molecule has 2 aliphatic heterocycles. The molecule has 5 rings (SSSR count). The van der Waals surface area contributed by atoms with Crippen LogP contribution in [0.4, 0.5) is 5.82 Å². The summed E-state index contributed by atoms with van der Waals surface area (Å²) in [5.41, 5.74) is 3.15. The van der Waals surface area contributed by atoms with E-state index in [1.54, 1.807) is 12.3 Å². The molecule has 2 fully saturated rings. The molecule has 8 nitrogen and oxygen atoms in total. The summed E-state index contributed by atoms with van der Waals surface area (Å²) in [4.78, 5) is 26.3. The molecule has 0 radical (unpaired) electrons. The molecule has 0 spiro atoms. The standard InChI is InChI=1S/C23H27ClN6O2/c24-18-12-26-21(29-23(31)16-2-1-7-25-11-16)10-17(18)19-3-4-20-22(28-19)30(14-27-20)13-15-5-8-32-9-6-15/h3-4,10,12,14-16,25H,1-2,5-9,11,13H2,(H,26,29,31). The van der Waals surface area contributed by atoms with E-state index >= 15 is 0 Å². The Labute approximate surface area is 191 Å². The van der Waals surface area contributed by atoms with E-state index in [4.69, 9.17) is 21.3 Å². The maximum absolute atomic E-state index is 12.6. The van der Waals surface area contributed by atoms with Gasteiger partial charge in [0.1, 0.15) is 11.3 Å². The van der Waals surface area contributed by atoms with Gasteiger partial charge in [0.2, 0.25) is 5.91 Å². The van der Waals surface area contributed by atoms with Crippen molar-refractivity contribution in [2.24, 2.45) is 11.8 Å². The van der Waals surface area contributed by atoms with Crippen LogP contribution >= 0.6 is 11.6 Å². The van der Waals surface area contributed by atoms with E-state index < -0.39 is 0 Å². The van der Waals surface area contributed by atoms with Crippen molar-refractivity contribution in [3.63, 3.8) is 0 Å². The van der Waals surface area contributed by atoms with Crippen LogP contribution in [0.3, 0.4) is 0 Å². The molecule has 2 aliphatic rings. The SMILES string of the molecule is O=C(Nc1cc(-c2ccc3ncn(CC4CCOCC4)c3n2)c(Cl)cn1)C1CCCNC1. The molecule has 1 amide bonds. The van der Waals surface area contributed by atoms with Gasteiger partial charge in [0.15, 0.2) is 5.65 Å². The number of nitrogens with one attached hydrogen (secondary N) is 2. The third kappa shape index (κ3) is 4.62. The molecule has 2 N–H and O–H groups in total. The molecular weight excluding hydrogens is 428 g/mol. The number of carbonyl (C=O) groups is 1. The van der Waals surface area contributed by atoms with Gasteiger partial charge < -0.3 is 19.9 Å². The van der Waals surface area contributed by atoms with Gasteiger partial charge >= 0.3 is 0 Å². The van der Waals surface area contributed by atoms with Gasteiger partial charge in [-0.15, -0.1) is 0 Å². The van der Waals surface area contributed by atoms with Gasteiger partial charge in [0, 0.05) is 38.1 Å². The van der Waals surface area contributed by atoms with Gasteiger partial charge in [0.25, 0.3) is 0 Å². The number of fused-ring (bicyclic) bond motifs is 1. The average molecular weight is 455 g/mol. The Morgan fingerprint density at radius 1 is 1.25 bits per heavy atom. The van der Waals surface area contributed by atoms with Crippen molar-refractivity contribution in [2.75, 3.05) is 31.6 Å². The molecule has 0 aliphatic carbocycles. The maximum Gasteiger partial charge on any atom is 0.229 e. The Balaban J connectivity index is 1.39. The molecule has 1 atom stereocenters. The van der Waals surface area contributed by atoms with Crippen LogP contribution in [0, 0.1) is 11.8 Å². The summed E-state index contributed by atoms with van der Waals surface area (Å²) in [7, 11) is 0. The monoisotopic (exact) mass is 454 g/mol. The molecule has 5 heterocycles. The van der Waals surface area contributed by atoms with Gasteiger partial charge in [-0.1, -0.05) is 11.6 Å². The number of hydrogen-bond acceptors (Lipinski definition) is 6. The van der Waals surface area contributed by atoms with E-state index in [1.807, 2.05) is 18.5 Å². The minimum absolute atomic E-state index is 0.0177. The highest BCUT2D eigenvalue weighted by Crippen LogP contribution is 2.30. The quantitative estimate of drug-likeness (QED) is 0.612. The Morgan fingerprint density at radius 2 is 2.12 bits per heavy atom. The first-order valence-corrected chi connectivity index (χ1v) is 11.6. The summed E-state index contributed by atoms with van der Waals surface area (Å²) >= 11 is 6.47. The number of imidazole rings is 1. The smallest absolute Gasteiger partial charge is 0.229 e. The van der Waals surface area contributed by atoms with E-state index in [9.17, 15) is 4.79 Å². The number of piperidine rings is 1. The summed E-state index contributed by atoms with van der Waals surface area (Å²) < 4.78 is 7.59. The molecule has 0 aromatic carbocycles. The summed E-state index contributed by atoms with van der Waals surface area (Å²) in [5, 5.41) is 6.70. The van der Waals surface area contributed by atoms with Crippen LogP contribution in [0.5, 0.6) is 0 Å². The fraction of sp³-hybridized carbons (Fsp3) is 0.478. The van der Waals surface area contributed by atoms with Crippen LogP contribution < -0.4 is 10.6 Å². The lowest BCUT2D eigenvalue weighted by atomic mass is 9.99. The number of pyridine rings is 2. The molecule has 2 saturated heterocycles. The second kappa shape index (κ2) is 9.52. The number of aromatic nitrogens is 4. The predicted molar refractivity (Wildman–Crippen MR) is 124 cm³/mol. The van der Waals surface area contributed by atoms with E-state index in [1.165, 1.54) is 0 Å². The molecule has 32 heavy (non-hydrogen) atoms. The molecule has 0 saturated carbocycles. The highest BCUT2D eigenvalue weighted by molar-refractivity contribution is 6.33. The highest BCUT2D eigenvalue weighted by Gasteiger charge is 2.22. The third-order valence-electron chi connectivity index (χ3n) is 6.31. The molecule has 3 aromatic heterocycles. The molecule has 1 unspecified atom stereocenters. The van der Waals surface area contributed by atoms with Crippen molar-refractivity contribution in [1.29, 1.82) is 0 Å². The minimum atomic E-state index is -0.0429. The van der Waals surface area contributed by atoms with E-state index in [0.717, 1.165) is 74.4 Å². The van der Waals surface area contributed by atoms with Crippen LogP contribution in [0.15, 0.2) is 30.7 Å². The van der Waals surface area contributed by atoms with Crippen molar-refractivity contribution in [2.45, 2.75) is 32.2 Å². The Bertz CT molecular complexity index is 1110. The minimum Gasteiger partial charge on any atom is -0.381 e. The lowest BCUT2D eigenvalue weighted by molar-refractivity contribution is -0.120. The fourth-order valence-electron chi connectivity index (χ4n) is 4.44. The normalized spacial score (nSPS) is 19.8. The molecule has 3 aromatic rings. The molecule has 0 bridgehead atoms. The first-order valence-electron chi connectivity index (χ1n) is 11.2. The highest BCUT2D eigenvalue weighted by atomic mass is 35.5. The van der Waals surface area contributed by atoms with Gasteiger partial charge in [-0.25, -0.2) is 15.0 Å². The van der Waals surface area contributed by atoms with Crippen LogP contribution in [-0.4, -0.2) is 51.7 Å². The van der Waals surface area contributed by atoms with Gasteiger partial charge in [-0.2, -0.15) is 0 Å². The van der Waals surface area contributed by atoms with Crippen molar-refractivity contribution < 1.29 is 9.53 Å². The Morgan fingerprint density at radius 3 is 2.94 bits per heavy atom. The number of carbonyl (C=O) groups excluding carboxylic acids is 1. The van der Waals surface area contributed by atoms with Crippen molar-refractivity contribution in [1.82, 2.24) is 24.8 Å². The summed E-state index contributed by atoms with van der Waals surface area (Å²) in [6.07, 6.45) is 7.41. The first kappa shape index (κ1) is 21.3. The largest absolute Gasteiger partial charge is 0.381 e. The number of anilines is 1. The number of rotatable bonds is 5. The molecular formula is C23H27ClN6O2. The molecule has 168 valence electrons. The molecule has 9 heteroatoms. The van der Waals surface area contributed by atoms with Gasteiger partial charge in [0.05, 0.1) is 23.0 Å². The van der Waals surface area contributed by atoms with Crippen LogP contribution in [0.25, 0.3) is 22.4 Å². The predicted octanol–water partition coefficient (Wildman–Crippen LogP) is 3.51. The number of nitrogens with zero attached hydrogens (tertiary/aromatic N) is 4. The van der Waals surface area contributed by atoms with Gasteiger partial charge in [-0.3, -0.25) is 4.79 Å². The van der Waals surface area contributed by atoms with Crippen molar-refractivity contribution >= 4 is 34.5 Å². The lowest BCUT2D eigenvalue weighted by Crippen LogP contribution is -2.37. The number of hydrogen-bond donors (Lipinski definition) is 2.